The summed E-state index contributed by atoms with van der Waals surface area (Å²) in [5.41, 5.74) is 0. The number of hydrogen-bond donors (Lipinski definition) is 1. The molecular weight excluding hydrogens is 304 g/mol. The van der Waals surface area contributed by atoms with Crippen molar-refractivity contribution in [2.75, 3.05) is 28.3 Å². The second kappa shape index (κ2) is 5.83. The van der Waals surface area contributed by atoms with Crippen molar-refractivity contribution in [1.29, 1.82) is 0 Å². The fourth-order valence-electron chi connectivity index (χ4n) is 2.75. The van der Waals surface area contributed by atoms with Gasteiger partial charge in [0.15, 0.2) is 21.5 Å². The fourth-order valence-corrected chi connectivity index (χ4v) is 4.48. The van der Waals surface area contributed by atoms with Gasteiger partial charge in [0.1, 0.15) is 0 Å². The zero-order valence-electron chi connectivity index (χ0n) is 12.5. The Hall–Kier alpha value is -1.70. The van der Waals surface area contributed by atoms with Gasteiger partial charge in [-0.15, -0.1) is 10.2 Å². The van der Waals surface area contributed by atoms with Crippen molar-refractivity contribution in [3.05, 3.63) is 12.1 Å². The van der Waals surface area contributed by atoms with Crippen LogP contribution in [0, 0.1) is 5.92 Å². The van der Waals surface area contributed by atoms with E-state index in [-0.39, 0.29) is 29.4 Å². The third-order valence-corrected chi connectivity index (χ3v) is 5.88. The Morgan fingerprint density at radius 3 is 2.59 bits per heavy atom. The molecule has 1 aromatic rings. The lowest BCUT2D eigenvalue weighted by Gasteiger charge is -2.27. The van der Waals surface area contributed by atoms with Crippen LogP contribution < -0.4 is 10.2 Å². The number of nitrogens with zero attached hydrogens (tertiary/aromatic N) is 3. The molecular formula is C14H20N4O3S. The summed E-state index contributed by atoms with van der Waals surface area (Å²) in [6.45, 7) is 2.64. The van der Waals surface area contributed by atoms with E-state index in [1.807, 2.05) is 11.8 Å². The molecule has 0 bridgehead atoms. The highest BCUT2D eigenvalue weighted by Crippen LogP contribution is 2.30. The van der Waals surface area contributed by atoms with Crippen LogP contribution in [0.2, 0.25) is 0 Å². The Morgan fingerprint density at radius 1 is 1.32 bits per heavy atom. The van der Waals surface area contributed by atoms with Gasteiger partial charge in [-0.25, -0.2) is 8.42 Å². The molecule has 0 spiro atoms. The van der Waals surface area contributed by atoms with Gasteiger partial charge in [-0.2, -0.15) is 0 Å². The van der Waals surface area contributed by atoms with E-state index in [2.05, 4.69) is 15.5 Å². The van der Waals surface area contributed by atoms with Gasteiger partial charge in [0.25, 0.3) is 0 Å². The molecule has 1 N–H and O–H groups in total. The lowest BCUT2D eigenvalue weighted by molar-refractivity contribution is -0.117. The highest BCUT2D eigenvalue weighted by Gasteiger charge is 2.33. The highest BCUT2D eigenvalue weighted by atomic mass is 32.2. The summed E-state index contributed by atoms with van der Waals surface area (Å²) >= 11 is 0. The molecule has 7 nitrogen and oxygen atoms in total. The summed E-state index contributed by atoms with van der Waals surface area (Å²) < 4.78 is 23.3. The van der Waals surface area contributed by atoms with Crippen LogP contribution in [-0.2, 0) is 14.6 Å². The van der Waals surface area contributed by atoms with E-state index >= 15 is 0 Å². The Balaban J connectivity index is 1.68. The third-order valence-electron chi connectivity index (χ3n) is 4.13. The molecule has 1 amide bonds. The second-order valence-corrected chi connectivity index (χ2v) is 8.11. The van der Waals surface area contributed by atoms with E-state index in [0.717, 1.165) is 12.8 Å². The monoisotopic (exact) mass is 324 g/mol. The van der Waals surface area contributed by atoms with Crippen LogP contribution >= 0.6 is 0 Å². The van der Waals surface area contributed by atoms with Crippen molar-refractivity contribution < 1.29 is 13.2 Å². The van der Waals surface area contributed by atoms with Crippen LogP contribution in [0.15, 0.2) is 12.1 Å². The standard InChI is InChI=1S/C14H20N4O3S/c1-2-18(11-7-8-22(20,21)9-11)13-6-5-12(16-17-13)15-14(19)10-3-4-10/h5-6,10-11H,2-4,7-9H2,1H3,(H,15,16,19). The maximum Gasteiger partial charge on any atom is 0.228 e. The summed E-state index contributed by atoms with van der Waals surface area (Å²) in [4.78, 5) is 13.6. The smallest absolute Gasteiger partial charge is 0.228 e. The maximum atomic E-state index is 11.7. The molecule has 2 aliphatic rings. The predicted octanol–water partition coefficient (Wildman–Crippen LogP) is 0.838. The molecule has 2 heterocycles. The van der Waals surface area contributed by atoms with Crippen LogP contribution in [0.4, 0.5) is 11.6 Å². The average molecular weight is 324 g/mol. The molecule has 120 valence electrons. The molecule has 1 aliphatic carbocycles. The summed E-state index contributed by atoms with van der Waals surface area (Å²) in [5, 5.41) is 10.9. The number of carbonyl (C=O) groups excluding carboxylic acids is 1. The number of aromatic nitrogens is 2. The van der Waals surface area contributed by atoms with Gasteiger partial charge >= 0.3 is 0 Å². The van der Waals surface area contributed by atoms with Crippen molar-refractivity contribution in [2.24, 2.45) is 5.92 Å². The minimum absolute atomic E-state index is 0.00344. The number of carbonyl (C=O) groups is 1. The Bertz CT molecular complexity index is 655. The van der Waals surface area contributed by atoms with Crippen LogP contribution in [0.3, 0.4) is 0 Å². The van der Waals surface area contributed by atoms with Gasteiger partial charge in [0.2, 0.25) is 5.91 Å². The molecule has 0 radical (unpaired) electrons. The van der Waals surface area contributed by atoms with Crippen molar-refractivity contribution >= 4 is 27.4 Å². The van der Waals surface area contributed by atoms with Crippen LogP contribution in [-0.4, -0.2) is 48.6 Å². The second-order valence-electron chi connectivity index (χ2n) is 5.88. The fraction of sp³-hybridized carbons (Fsp3) is 0.643. The number of nitrogens with one attached hydrogen (secondary N) is 1. The van der Waals surface area contributed by atoms with Crippen molar-refractivity contribution in [2.45, 2.75) is 32.2 Å². The summed E-state index contributed by atoms with van der Waals surface area (Å²) in [6.07, 6.45) is 2.51. The van der Waals surface area contributed by atoms with Gasteiger partial charge in [-0.3, -0.25) is 4.79 Å². The summed E-state index contributed by atoms with van der Waals surface area (Å²) in [6, 6.07) is 3.45. The van der Waals surface area contributed by atoms with E-state index in [0.29, 0.717) is 24.6 Å². The van der Waals surface area contributed by atoms with E-state index in [1.54, 1.807) is 12.1 Å². The zero-order valence-corrected chi connectivity index (χ0v) is 13.3. The van der Waals surface area contributed by atoms with Gasteiger partial charge in [-0.05, 0) is 38.3 Å². The number of anilines is 2. The topological polar surface area (TPSA) is 92.3 Å². The maximum absolute atomic E-state index is 11.7. The van der Waals surface area contributed by atoms with Crippen LogP contribution in [0.1, 0.15) is 26.2 Å². The molecule has 1 saturated carbocycles. The normalized spacial score (nSPS) is 23.2. The quantitative estimate of drug-likeness (QED) is 0.863. The molecule has 1 unspecified atom stereocenters. The van der Waals surface area contributed by atoms with Crippen LogP contribution in [0.25, 0.3) is 0 Å². The number of amides is 1. The van der Waals surface area contributed by atoms with Crippen LogP contribution in [0.5, 0.6) is 0 Å². The molecule has 3 rings (SSSR count). The van der Waals surface area contributed by atoms with Gasteiger partial charge in [0, 0.05) is 18.5 Å². The van der Waals surface area contributed by atoms with E-state index in [4.69, 9.17) is 0 Å². The first-order valence-corrected chi connectivity index (χ1v) is 9.42. The number of hydrogen-bond acceptors (Lipinski definition) is 6. The van der Waals surface area contributed by atoms with E-state index < -0.39 is 9.84 Å². The molecule has 1 atom stereocenters. The number of rotatable bonds is 5. The molecule has 1 aliphatic heterocycles. The zero-order chi connectivity index (χ0) is 15.7. The molecule has 1 saturated heterocycles. The largest absolute Gasteiger partial charge is 0.351 e. The Labute approximate surface area is 130 Å². The molecule has 2 fully saturated rings. The SMILES string of the molecule is CCN(c1ccc(NC(=O)C2CC2)nn1)C1CCS(=O)(=O)C1. The van der Waals surface area contributed by atoms with Crippen molar-refractivity contribution in [1.82, 2.24) is 10.2 Å². The summed E-state index contributed by atoms with van der Waals surface area (Å²) in [5.74, 6) is 1.61. The lowest BCUT2D eigenvalue weighted by Crippen LogP contribution is -2.36. The molecule has 8 heteroatoms. The Kier molecular flexibility index (Phi) is 4.03. The summed E-state index contributed by atoms with van der Waals surface area (Å²) in [7, 11) is -2.93. The van der Waals surface area contributed by atoms with E-state index in [9.17, 15) is 13.2 Å². The average Bonchev–Trinajstić information content (AvgIpc) is 3.27. The van der Waals surface area contributed by atoms with Gasteiger partial charge in [0.05, 0.1) is 11.5 Å². The van der Waals surface area contributed by atoms with E-state index in [1.165, 1.54) is 0 Å². The molecule has 22 heavy (non-hydrogen) atoms. The predicted molar refractivity (Wildman–Crippen MR) is 83.5 cm³/mol. The lowest BCUT2D eigenvalue weighted by atomic mass is 10.2. The first-order chi connectivity index (χ1) is 10.5. The first-order valence-electron chi connectivity index (χ1n) is 7.60. The minimum Gasteiger partial charge on any atom is -0.351 e. The van der Waals surface area contributed by atoms with Crippen molar-refractivity contribution in [3.63, 3.8) is 0 Å². The number of sulfone groups is 1. The van der Waals surface area contributed by atoms with Crippen molar-refractivity contribution in [3.8, 4) is 0 Å². The van der Waals surface area contributed by atoms with Gasteiger partial charge < -0.3 is 10.2 Å². The molecule has 1 aromatic heterocycles. The van der Waals surface area contributed by atoms with Gasteiger partial charge in [-0.1, -0.05) is 0 Å². The minimum atomic E-state index is -2.93. The first kappa shape index (κ1) is 15.2. The highest BCUT2D eigenvalue weighted by molar-refractivity contribution is 7.91. The third kappa shape index (κ3) is 3.37. The Morgan fingerprint density at radius 2 is 2.09 bits per heavy atom. The molecule has 0 aromatic carbocycles.